The van der Waals surface area contributed by atoms with E-state index in [0.29, 0.717) is 0 Å². The first-order valence-corrected chi connectivity index (χ1v) is 6.92. The Balaban J connectivity index is 2.51. The highest BCUT2D eigenvalue weighted by Gasteiger charge is 2.09. The van der Waals surface area contributed by atoms with Gasteiger partial charge in [-0.15, -0.1) is 0 Å². The summed E-state index contributed by atoms with van der Waals surface area (Å²) in [6.07, 6.45) is 4.71. The minimum atomic E-state index is 0.0436. The maximum atomic E-state index is 12.0. The van der Waals surface area contributed by atoms with Gasteiger partial charge in [0.1, 0.15) is 0 Å². The predicted molar refractivity (Wildman–Crippen MR) is 77.0 cm³/mol. The third-order valence-electron chi connectivity index (χ3n) is 3.39. The molecule has 0 aliphatic heterocycles. The van der Waals surface area contributed by atoms with Gasteiger partial charge in [0.2, 0.25) is 0 Å². The molecule has 18 heavy (non-hydrogen) atoms. The van der Waals surface area contributed by atoms with Crippen molar-refractivity contribution in [1.29, 1.82) is 0 Å². The van der Waals surface area contributed by atoms with E-state index >= 15 is 0 Å². The summed E-state index contributed by atoms with van der Waals surface area (Å²) in [5.41, 5.74) is 3.16. The molecule has 2 nitrogen and oxygen atoms in total. The minimum absolute atomic E-state index is 0.0436. The van der Waals surface area contributed by atoms with Crippen LogP contribution >= 0.6 is 0 Å². The number of carbonyl (C=O) groups excluding carboxylic acids is 1. The van der Waals surface area contributed by atoms with Crippen molar-refractivity contribution in [3.8, 4) is 0 Å². The fourth-order valence-electron chi connectivity index (χ4n) is 1.96. The Bertz CT molecular complexity index is 398. The molecule has 1 rings (SSSR count). The lowest BCUT2D eigenvalue weighted by Crippen LogP contribution is -2.32. The molecule has 0 spiro atoms. The number of unbranched alkanes of at least 4 members (excludes halogenated alkanes) is 2. The molecule has 0 saturated heterocycles. The number of aryl methyl sites for hydroxylation is 2. The number of hydrogen-bond acceptors (Lipinski definition) is 1. The molecule has 0 aromatic heterocycles. The third-order valence-corrected chi connectivity index (χ3v) is 3.39. The van der Waals surface area contributed by atoms with E-state index in [9.17, 15) is 4.79 Å². The first-order chi connectivity index (χ1) is 8.54. The molecule has 0 heterocycles. The maximum Gasteiger partial charge on any atom is 0.251 e. The largest absolute Gasteiger partial charge is 0.350 e. The summed E-state index contributed by atoms with van der Waals surface area (Å²) >= 11 is 0. The molecule has 0 fully saturated rings. The zero-order valence-electron chi connectivity index (χ0n) is 12.0. The van der Waals surface area contributed by atoms with Crippen LogP contribution in [-0.2, 0) is 0 Å². The van der Waals surface area contributed by atoms with Gasteiger partial charge < -0.3 is 5.32 Å². The summed E-state index contributed by atoms with van der Waals surface area (Å²) in [6.45, 7) is 8.37. The van der Waals surface area contributed by atoms with E-state index in [0.717, 1.165) is 12.0 Å². The molecule has 1 N–H and O–H groups in total. The highest BCUT2D eigenvalue weighted by Crippen LogP contribution is 2.10. The second kappa shape index (κ2) is 7.20. The molecule has 1 atom stereocenters. The van der Waals surface area contributed by atoms with Crippen LogP contribution in [0.25, 0.3) is 0 Å². The highest BCUT2D eigenvalue weighted by atomic mass is 16.1. The average Bonchev–Trinajstić information content (AvgIpc) is 2.33. The van der Waals surface area contributed by atoms with E-state index in [-0.39, 0.29) is 11.9 Å². The smallest absolute Gasteiger partial charge is 0.251 e. The number of hydrogen-bond donors (Lipinski definition) is 1. The van der Waals surface area contributed by atoms with Crippen LogP contribution < -0.4 is 5.32 Å². The molecule has 0 aliphatic rings. The van der Waals surface area contributed by atoms with Crippen LogP contribution in [0, 0.1) is 13.8 Å². The number of amides is 1. The molecule has 0 aliphatic carbocycles. The van der Waals surface area contributed by atoms with E-state index < -0.39 is 0 Å². The molecule has 2 heteroatoms. The van der Waals surface area contributed by atoms with Crippen LogP contribution in [0.3, 0.4) is 0 Å². The van der Waals surface area contributed by atoms with Crippen LogP contribution in [0.1, 0.15) is 61.0 Å². The summed E-state index contributed by atoms with van der Waals surface area (Å²) in [5, 5.41) is 3.06. The monoisotopic (exact) mass is 247 g/mol. The van der Waals surface area contributed by atoms with Gasteiger partial charge in [0.15, 0.2) is 0 Å². The molecular weight excluding hydrogens is 222 g/mol. The van der Waals surface area contributed by atoms with Gasteiger partial charge in [0.05, 0.1) is 0 Å². The zero-order valence-corrected chi connectivity index (χ0v) is 12.0. The Morgan fingerprint density at radius 1 is 1.22 bits per heavy atom. The normalized spacial score (nSPS) is 12.2. The Morgan fingerprint density at radius 3 is 2.56 bits per heavy atom. The van der Waals surface area contributed by atoms with Gasteiger partial charge in [-0.1, -0.05) is 32.3 Å². The summed E-state index contributed by atoms with van der Waals surface area (Å²) in [6, 6.07) is 6.12. The van der Waals surface area contributed by atoms with Gasteiger partial charge in [-0.25, -0.2) is 0 Å². The molecule has 0 bridgehead atoms. The number of rotatable bonds is 6. The molecule has 1 amide bonds. The fourth-order valence-corrected chi connectivity index (χ4v) is 1.96. The van der Waals surface area contributed by atoms with Gasteiger partial charge in [-0.3, -0.25) is 4.79 Å². The van der Waals surface area contributed by atoms with Crippen molar-refractivity contribution in [2.45, 2.75) is 59.4 Å². The van der Waals surface area contributed by atoms with Crippen molar-refractivity contribution < 1.29 is 4.79 Å². The molecular formula is C16H25NO. The van der Waals surface area contributed by atoms with Crippen molar-refractivity contribution in [2.75, 3.05) is 0 Å². The van der Waals surface area contributed by atoms with Crippen molar-refractivity contribution in [3.63, 3.8) is 0 Å². The van der Waals surface area contributed by atoms with Crippen LogP contribution in [0.2, 0.25) is 0 Å². The lowest BCUT2D eigenvalue weighted by molar-refractivity contribution is 0.0938. The lowest BCUT2D eigenvalue weighted by Gasteiger charge is -2.14. The molecule has 0 unspecified atom stereocenters. The van der Waals surface area contributed by atoms with Crippen molar-refractivity contribution in [2.24, 2.45) is 0 Å². The second-order valence-electron chi connectivity index (χ2n) is 5.17. The van der Waals surface area contributed by atoms with Crippen molar-refractivity contribution >= 4 is 5.91 Å². The topological polar surface area (TPSA) is 29.1 Å². The first kappa shape index (κ1) is 14.7. The predicted octanol–water partition coefficient (Wildman–Crippen LogP) is 4.00. The summed E-state index contributed by atoms with van der Waals surface area (Å²) in [4.78, 5) is 12.0. The van der Waals surface area contributed by atoms with E-state index in [4.69, 9.17) is 0 Å². The van der Waals surface area contributed by atoms with Crippen molar-refractivity contribution in [3.05, 3.63) is 34.9 Å². The molecule has 100 valence electrons. The number of nitrogens with one attached hydrogen (secondary N) is 1. The van der Waals surface area contributed by atoms with Gasteiger partial charge >= 0.3 is 0 Å². The van der Waals surface area contributed by atoms with E-state index in [2.05, 4.69) is 26.1 Å². The average molecular weight is 247 g/mol. The lowest BCUT2D eigenvalue weighted by atomic mass is 10.1. The second-order valence-corrected chi connectivity index (χ2v) is 5.17. The Hall–Kier alpha value is -1.31. The van der Waals surface area contributed by atoms with Crippen molar-refractivity contribution in [1.82, 2.24) is 5.32 Å². The summed E-state index contributed by atoms with van der Waals surface area (Å²) in [7, 11) is 0. The maximum absolute atomic E-state index is 12.0. The van der Waals surface area contributed by atoms with E-state index in [1.54, 1.807) is 0 Å². The fraction of sp³-hybridized carbons (Fsp3) is 0.562. The third kappa shape index (κ3) is 4.52. The van der Waals surface area contributed by atoms with Crippen LogP contribution in [0.5, 0.6) is 0 Å². The SMILES string of the molecule is CCCCC[C@@H](C)NC(=O)c1ccc(C)c(C)c1. The Morgan fingerprint density at radius 2 is 1.94 bits per heavy atom. The quantitative estimate of drug-likeness (QED) is 0.756. The summed E-state index contributed by atoms with van der Waals surface area (Å²) < 4.78 is 0. The molecule has 0 saturated carbocycles. The minimum Gasteiger partial charge on any atom is -0.350 e. The Kier molecular flexibility index (Phi) is 5.90. The van der Waals surface area contributed by atoms with Crippen LogP contribution in [-0.4, -0.2) is 11.9 Å². The number of benzene rings is 1. The molecule has 1 aromatic carbocycles. The van der Waals surface area contributed by atoms with Gasteiger partial charge in [0.25, 0.3) is 5.91 Å². The first-order valence-electron chi connectivity index (χ1n) is 6.92. The number of carbonyl (C=O) groups is 1. The standard InChI is InChI=1S/C16H25NO/c1-5-6-7-8-14(4)17-16(18)15-10-9-12(2)13(3)11-15/h9-11,14H,5-8H2,1-4H3,(H,17,18)/t14-/m1/s1. The van der Waals surface area contributed by atoms with Gasteiger partial charge in [-0.05, 0) is 50.5 Å². The van der Waals surface area contributed by atoms with E-state index in [1.165, 1.54) is 30.4 Å². The zero-order chi connectivity index (χ0) is 13.5. The highest BCUT2D eigenvalue weighted by molar-refractivity contribution is 5.94. The Labute approximate surface area is 111 Å². The van der Waals surface area contributed by atoms with Crippen LogP contribution in [0.15, 0.2) is 18.2 Å². The van der Waals surface area contributed by atoms with Gasteiger partial charge in [0, 0.05) is 11.6 Å². The summed E-state index contributed by atoms with van der Waals surface area (Å²) in [5.74, 6) is 0.0436. The van der Waals surface area contributed by atoms with Crippen LogP contribution in [0.4, 0.5) is 0 Å². The molecule has 0 radical (unpaired) electrons. The molecule has 1 aromatic rings. The van der Waals surface area contributed by atoms with Gasteiger partial charge in [-0.2, -0.15) is 0 Å². The van der Waals surface area contributed by atoms with E-state index in [1.807, 2.05) is 25.1 Å².